The highest BCUT2D eigenvalue weighted by Crippen LogP contribution is 2.12. The summed E-state index contributed by atoms with van der Waals surface area (Å²) in [5.41, 5.74) is 7.26. The van der Waals surface area contributed by atoms with Crippen molar-refractivity contribution in [2.75, 3.05) is 24.2 Å². The molecule has 1 aromatic rings. The van der Waals surface area contributed by atoms with E-state index < -0.39 is 0 Å². The third kappa shape index (κ3) is 4.06. The molecule has 90 valence electrons. The van der Waals surface area contributed by atoms with Crippen molar-refractivity contribution in [1.29, 1.82) is 0 Å². The monoisotopic (exact) mass is 223 g/mol. The van der Waals surface area contributed by atoms with Crippen molar-refractivity contribution in [3.05, 3.63) is 17.8 Å². The Balaban J connectivity index is 2.29. The van der Waals surface area contributed by atoms with E-state index in [0.717, 1.165) is 36.6 Å². The highest BCUT2D eigenvalue weighted by atomic mass is 16.3. The van der Waals surface area contributed by atoms with E-state index in [1.807, 2.05) is 26.0 Å². The van der Waals surface area contributed by atoms with Crippen molar-refractivity contribution in [1.82, 2.24) is 4.98 Å². The number of aryl methyl sites for hydroxylation is 1. The van der Waals surface area contributed by atoms with Gasteiger partial charge in [-0.25, -0.2) is 4.98 Å². The smallest absolute Gasteiger partial charge is 0.126 e. The molecule has 1 atom stereocenters. The summed E-state index contributed by atoms with van der Waals surface area (Å²) in [5.74, 6) is 1.24. The van der Waals surface area contributed by atoms with Crippen LogP contribution < -0.4 is 11.1 Å². The van der Waals surface area contributed by atoms with E-state index in [-0.39, 0.29) is 6.61 Å². The van der Waals surface area contributed by atoms with Gasteiger partial charge in [0.1, 0.15) is 5.82 Å². The Labute approximate surface area is 96.9 Å². The van der Waals surface area contributed by atoms with Crippen LogP contribution in [0.4, 0.5) is 11.5 Å². The molecule has 0 aromatic carbocycles. The Morgan fingerprint density at radius 1 is 1.50 bits per heavy atom. The zero-order chi connectivity index (χ0) is 12.0. The summed E-state index contributed by atoms with van der Waals surface area (Å²) >= 11 is 0. The number of nitrogens with one attached hydrogen (secondary N) is 1. The third-order valence-electron chi connectivity index (χ3n) is 2.62. The second-order valence-electron chi connectivity index (χ2n) is 4.23. The minimum atomic E-state index is 0.263. The molecule has 0 aliphatic heterocycles. The number of aromatic nitrogens is 1. The molecule has 0 radical (unpaired) electrons. The van der Waals surface area contributed by atoms with Gasteiger partial charge in [0.05, 0.1) is 11.4 Å². The lowest BCUT2D eigenvalue weighted by atomic mass is 10.1. The molecule has 0 amide bonds. The van der Waals surface area contributed by atoms with Gasteiger partial charge < -0.3 is 16.2 Å². The van der Waals surface area contributed by atoms with E-state index in [0.29, 0.717) is 5.92 Å². The Hall–Kier alpha value is -1.29. The van der Waals surface area contributed by atoms with Crippen molar-refractivity contribution in [2.24, 2.45) is 5.92 Å². The lowest BCUT2D eigenvalue weighted by molar-refractivity contribution is 0.229. The Morgan fingerprint density at radius 2 is 2.25 bits per heavy atom. The Kier molecular flexibility index (Phi) is 5.05. The van der Waals surface area contributed by atoms with Gasteiger partial charge in [0.2, 0.25) is 0 Å². The average Bonchev–Trinajstić information content (AvgIpc) is 2.28. The van der Waals surface area contributed by atoms with Gasteiger partial charge in [-0.1, -0.05) is 6.92 Å². The highest BCUT2D eigenvalue weighted by molar-refractivity contribution is 5.48. The first-order valence-electron chi connectivity index (χ1n) is 5.71. The van der Waals surface area contributed by atoms with Crippen LogP contribution in [0.25, 0.3) is 0 Å². The number of anilines is 2. The first-order valence-corrected chi connectivity index (χ1v) is 5.71. The van der Waals surface area contributed by atoms with Crippen LogP contribution in [-0.2, 0) is 0 Å². The first kappa shape index (κ1) is 12.8. The summed E-state index contributed by atoms with van der Waals surface area (Å²) in [4.78, 5) is 4.32. The van der Waals surface area contributed by atoms with E-state index in [2.05, 4.69) is 10.3 Å². The predicted molar refractivity (Wildman–Crippen MR) is 67.4 cm³/mol. The number of hydrogen-bond donors (Lipinski definition) is 3. The molecule has 4 heteroatoms. The van der Waals surface area contributed by atoms with Gasteiger partial charge in [-0.3, -0.25) is 0 Å². The SMILES string of the molecule is Cc1nc(NCCCC(C)CO)ccc1N. The lowest BCUT2D eigenvalue weighted by Crippen LogP contribution is -2.08. The van der Waals surface area contributed by atoms with Gasteiger partial charge >= 0.3 is 0 Å². The molecule has 4 N–H and O–H groups in total. The zero-order valence-electron chi connectivity index (χ0n) is 10.0. The van der Waals surface area contributed by atoms with Crippen LogP contribution in [-0.4, -0.2) is 23.2 Å². The van der Waals surface area contributed by atoms with Crippen LogP contribution in [0.15, 0.2) is 12.1 Å². The molecule has 0 bridgehead atoms. The van der Waals surface area contributed by atoms with E-state index >= 15 is 0 Å². The van der Waals surface area contributed by atoms with E-state index in [1.165, 1.54) is 0 Å². The fraction of sp³-hybridized carbons (Fsp3) is 0.583. The van der Waals surface area contributed by atoms with E-state index in [4.69, 9.17) is 10.8 Å². The Morgan fingerprint density at radius 3 is 2.88 bits per heavy atom. The largest absolute Gasteiger partial charge is 0.397 e. The predicted octanol–water partition coefficient (Wildman–Crippen LogP) is 1.79. The van der Waals surface area contributed by atoms with Gasteiger partial charge in [-0.05, 0) is 37.8 Å². The molecule has 16 heavy (non-hydrogen) atoms. The van der Waals surface area contributed by atoms with Crippen LogP contribution in [0.1, 0.15) is 25.5 Å². The summed E-state index contributed by atoms with van der Waals surface area (Å²) in [6.07, 6.45) is 2.06. The molecule has 0 fully saturated rings. The molecule has 0 saturated heterocycles. The van der Waals surface area contributed by atoms with Crippen LogP contribution in [0.5, 0.6) is 0 Å². The topological polar surface area (TPSA) is 71.2 Å². The summed E-state index contributed by atoms with van der Waals surface area (Å²) in [5, 5.41) is 12.1. The van der Waals surface area contributed by atoms with Crippen LogP contribution in [0.2, 0.25) is 0 Å². The lowest BCUT2D eigenvalue weighted by Gasteiger charge is -2.09. The normalized spacial score (nSPS) is 12.4. The molecule has 4 nitrogen and oxygen atoms in total. The van der Waals surface area contributed by atoms with Crippen molar-refractivity contribution in [2.45, 2.75) is 26.7 Å². The molecule has 1 aromatic heterocycles. The van der Waals surface area contributed by atoms with Crippen LogP contribution in [0, 0.1) is 12.8 Å². The summed E-state index contributed by atoms with van der Waals surface area (Å²) < 4.78 is 0. The molecule has 0 saturated carbocycles. The number of aliphatic hydroxyl groups is 1. The van der Waals surface area contributed by atoms with Crippen LogP contribution in [0.3, 0.4) is 0 Å². The molecule has 0 aliphatic rings. The number of hydrogen-bond acceptors (Lipinski definition) is 4. The maximum atomic E-state index is 8.87. The maximum absolute atomic E-state index is 8.87. The van der Waals surface area contributed by atoms with Gasteiger partial charge in [-0.15, -0.1) is 0 Å². The van der Waals surface area contributed by atoms with Crippen molar-refractivity contribution >= 4 is 11.5 Å². The Bertz CT molecular complexity index is 328. The summed E-state index contributed by atoms with van der Waals surface area (Å²) in [6.45, 7) is 5.08. The number of pyridine rings is 1. The quantitative estimate of drug-likeness (QED) is 0.643. The summed E-state index contributed by atoms with van der Waals surface area (Å²) in [7, 11) is 0. The molecule has 0 aliphatic carbocycles. The van der Waals surface area contributed by atoms with Gasteiger partial charge in [0, 0.05) is 13.2 Å². The first-order chi connectivity index (χ1) is 7.63. The average molecular weight is 223 g/mol. The number of rotatable bonds is 6. The second-order valence-corrected chi connectivity index (χ2v) is 4.23. The maximum Gasteiger partial charge on any atom is 0.126 e. The molecule has 1 rings (SSSR count). The highest BCUT2D eigenvalue weighted by Gasteiger charge is 2.00. The van der Waals surface area contributed by atoms with E-state index in [9.17, 15) is 0 Å². The molecule has 1 heterocycles. The number of nitrogens with two attached hydrogens (primary N) is 1. The van der Waals surface area contributed by atoms with Crippen molar-refractivity contribution < 1.29 is 5.11 Å². The minimum absolute atomic E-state index is 0.263. The standard InChI is InChI=1S/C12H21N3O/c1-9(8-16)4-3-7-14-12-6-5-11(13)10(2)15-12/h5-6,9,16H,3-4,7-8,13H2,1-2H3,(H,14,15). The fourth-order valence-electron chi connectivity index (χ4n) is 1.43. The number of nitrogen functional groups attached to an aromatic ring is 1. The van der Waals surface area contributed by atoms with Crippen molar-refractivity contribution in [3.63, 3.8) is 0 Å². The minimum Gasteiger partial charge on any atom is -0.397 e. The molecule has 0 spiro atoms. The zero-order valence-corrected chi connectivity index (χ0v) is 10.0. The van der Waals surface area contributed by atoms with E-state index in [1.54, 1.807) is 0 Å². The van der Waals surface area contributed by atoms with Gasteiger partial charge in [0.15, 0.2) is 0 Å². The van der Waals surface area contributed by atoms with Crippen LogP contribution >= 0.6 is 0 Å². The second kappa shape index (κ2) is 6.33. The van der Waals surface area contributed by atoms with Crippen molar-refractivity contribution in [3.8, 4) is 0 Å². The number of nitrogens with zero attached hydrogens (tertiary/aromatic N) is 1. The molecular weight excluding hydrogens is 202 g/mol. The van der Waals surface area contributed by atoms with Gasteiger partial charge in [-0.2, -0.15) is 0 Å². The number of aliphatic hydroxyl groups excluding tert-OH is 1. The fourth-order valence-corrected chi connectivity index (χ4v) is 1.43. The van der Waals surface area contributed by atoms with Gasteiger partial charge in [0.25, 0.3) is 0 Å². The molecular formula is C12H21N3O. The molecule has 1 unspecified atom stereocenters. The third-order valence-corrected chi connectivity index (χ3v) is 2.62. The summed E-state index contributed by atoms with van der Waals surface area (Å²) in [6, 6.07) is 3.75.